The van der Waals surface area contributed by atoms with Gasteiger partial charge in [-0.2, -0.15) is 4.31 Å². The Morgan fingerprint density at radius 1 is 1.15 bits per heavy atom. The Hall–Kier alpha value is -2.38. The Kier molecular flexibility index (Phi) is 5.53. The zero-order chi connectivity index (χ0) is 19.6. The van der Waals surface area contributed by atoms with Crippen molar-refractivity contribution in [3.8, 4) is 5.75 Å². The molecule has 144 valence electrons. The lowest BCUT2D eigenvalue weighted by Crippen LogP contribution is -2.43. The van der Waals surface area contributed by atoms with E-state index >= 15 is 0 Å². The molecular formula is C20H24N2O4S. The van der Waals surface area contributed by atoms with Gasteiger partial charge in [-0.1, -0.05) is 24.3 Å². The van der Waals surface area contributed by atoms with Gasteiger partial charge in [0.15, 0.2) is 0 Å². The number of para-hydroxylation sites is 1. The minimum absolute atomic E-state index is 0.178. The summed E-state index contributed by atoms with van der Waals surface area (Å²) < 4.78 is 33.0. The lowest BCUT2D eigenvalue weighted by atomic mass is 10.1. The third kappa shape index (κ3) is 3.84. The highest BCUT2D eigenvalue weighted by Gasteiger charge is 2.40. The van der Waals surface area contributed by atoms with Crippen molar-refractivity contribution in [2.24, 2.45) is 0 Å². The minimum atomic E-state index is -3.81. The summed E-state index contributed by atoms with van der Waals surface area (Å²) in [5, 5.41) is 2.87. The summed E-state index contributed by atoms with van der Waals surface area (Å²) in [7, 11) is -2.31. The molecule has 1 atom stereocenters. The summed E-state index contributed by atoms with van der Waals surface area (Å²) in [5.74, 6) is 0.171. The SMILES string of the molecule is COc1ccc(C)c(S(=O)(=O)N2CCCC2C(=O)Nc2ccccc2C)c1. The molecule has 1 aliphatic heterocycles. The predicted molar refractivity (Wildman–Crippen MR) is 104 cm³/mol. The van der Waals surface area contributed by atoms with Gasteiger partial charge in [-0.05, 0) is 49.9 Å². The molecule has 2 aromatic carbocycles. The van der Waals surface area contributed by atoms with Gasteiger partial charge in [-0.3, -0.25) is 4.79 Å². The van der Waals surface area contributed by atoms with Gasteiger partial charge in [-0.15, -0.1) is 0 Å². The van der Waals surface area contributed by atoms with E-state index in [9.17, 15) is 13.2 Å². The monoisotopic (exact) mass is 388 g/mol. The fourth-order valence-electron chi connectivity index (χ4n) is 3.33. The minimum Gasteiger partial charge on any atom is -0.497 e. The molecule has 1 unspecified atom stereocenters. The Bertz CT molecular complexity index is 956. The molecule has 27 heavy (non-hydrogen) atoms. The maximum absolute atomic E-state index is 13.2. The molecule has 1 heterocycles. The lowest BCUT2D eigenvalue weighted by Gasteiger charge is -2.24. The largest absolute Gasteiger partial charge is 0.497 e. The van der Waals surface area contributed by atoms with E-state index in [1.165, 1.54) is 17.5 Å². The van der Waals surface area contributed by atoms with E-state index in [1.807, 2.05) is 31.2 Å². The average Bonchev–Trinajstić information content (AvgIpc) is 3.15. The number of nitrogens with one attached hydrogen (secondary N) is 1. The second-order valence-corrected chi connectivity index (χ2v) is 8.57. The second kappa shape index (κ2) is 7.70. The molecule has 2 aromatic rings. The molecular weight excluding hydrogens is 364 g/mol. The van der Waals surface area contributed by atoms with Gasteiger partial charge in [0.1, 0.15) is 11.8 Å². The van der Waals surface area contributed by atoms with Crippen LogP contribution in [0.25, 0.3) is 0 Å². The number of benzene rings is 2. The quantitative estimate of drug-likeness (QED) is 0.854. The van der Waals surface area contributed by atoms with Gasteiger partial charge in [-0.25, -0.2) is 8.42 Å². The number of hydrogen-bond donors (Lipinski definition) is 1. The Labute approximate surface area is 160 Å². The molecule has 0 saturated carbocycles. The van der Waals surface area contributed by atoms with Crippen molar-refractivity contribution in [3.05, 3.63) is 53.6 Å². The van der Waals surface area contributed by atoms with Crippen molar-refractivity contribution in [2.45, 2.75) is 37.6 Å². The number of carbonyl (C=O) groups is 1. The molecule has 1 saturated heterocycles. The van der Waals surface area contributed by atoms with Crippen molar-refractivity contribution in [1.82, 2.24) is 4.31 Å². The number of sulfonamides is 1. The highest BCUT2D eigenvalue weighted by molar-refractivity contribution is 7.89. The maximum atomic E-state index is 13.2. The first-order valence-electron chi connectivity index (χ1n) is 8.87. The lowest BCUT2D eigenvalue weighted by molar-refractivity contribution is -0.119. The number of nitrogens with zero attached hydrogens (tertiary/aromatic N) is 1. The number of ether oxygens (including phenoxy) is 1. The Morgan fingerprint density at radius 3 is 2.59 bits per heavy atom. The van der Waals surface area contributed by atoms with E-state index in [4.69, 9.17) is 4.74 Å². The van der Waals surface area contributed by atoms with Crippen LogP contribution in [0.2, 0.25) is 0 Å². The van der Waals surface area contributed by atoms with Crippen LogP contribution in [0.3, 0.4) is 0 Å². The normalized spacial score (nSPS) is 17.7. The standard InChI is InChI=1S/C20H24N2O4S/c1-14-7-4-5-8-17(14)21-20(23)18-9-6-12-22(18)27(24,25)19-13-16(26-3)11-10-15(19)2/h4-5,7-8,10-11,13,18H,6,9,12H2,1-3H3,(H,21,23). The number of anilines is 1. The summed E-state index contributed by atoms with van der Waals surface area (Å²) in [5.41, 5.74) is 2.26. The van der Waals surface area contributed by atoms with Crippen LogP contribution in [-0.2, 0) is 14.8 Å². The van der Waals surface area contributed by atoms with Crippen LogP contribution < -0.4 is 10.1 Å². The summed E-state index contributed by atoms with van der Waals surface area (Å²) >= 11 is 0. The highest BCUT2D eigenvalue weighted by Crippen LogP contribution is 2.30. The van der Waals surface area contributed by atoms with E-state index in [1.54, 1.807) is 19.1 Å². The summed E-state index contributed by atoms with van der Waals surface area (Å²) in [6.07, 6.45) is 1.15. The number of aryl methyl sites for hydroxylation is 2. The van der Waals surface area contributed by atoms with Crippen LogP contribution in [0.1, 0.15) is 24.0 Å². The second-order valence-electron chi connectivity index (χ2n) is 6.71. The maximum Gasteiger partial charge on any atom is 0.244 e. The average molecular weight is 388 g/mol. The summed E-state index contributed by atoms with van der Waals surface area (Å²) in [4.78, 5) is 13.0. The third-order valence-corrected chi connectivity index (χ3v) is 6.94. The molecule has 0 bridgehead atoms. The number of amides is 1. The molecule has 0 spiro atoms. The van der Waals surface area contributed by atoms with Crippen molar-refractivity contribution >= 4 is 21.6 Å². The zero-order valence-corrected chi connectivity index (χ0v) is 16.5. The topological polar surface area (TPSA) is 75.7 Å². The van der Waals surface area contributed by atoms with E-state index in [0.717, 1.165) is 5.56 Å². The van der Waals surface area contributed by atoms with Gasteiger partial charge in [0.25, 0.3) is 0 Å². The van der Waals surface area contributed by atoms with Crippen molar-refractivity contribution in [1.29, 1.82) is 0 Å². The van der Waals surface area contributed by atoms with E-state index < -0.39 is 16.1 Å². The van der Waals surface area contributed by atoms with Gasteiger partial charge in [0.2, 0.25) is 15.9 Å². The van der Waals surface area contributed by atoms with E-state index in [2.05, 4.69) is 5.32 Å². The summed E-state index contributed by atoms with van der Waals surface area (Å²) in [6, 6.07) is 11.7. The van der Waals surface area contributed by atoms with Crippen LogP contribution in [-0.4, -0.2) is 38.3 Å². The van der Waals surface area contributed by atoms with E-state index in [-0.39, 0.29) is 10.8 Å². The van der Waals surface area contributed by atoms with E-state index in [0.29, 0.717) is 36.4 Å². The Balaban J connectivity index is 1.89. The number of hydrogen-bond acceptors (Lipinski definition) is 4. The van der Waals surface area contributed by atoms with Gasteiger partial charge in [0.05, 0.1) is 12.0 Å². The molecule has 1 aliphatic rings. The predicted octanol–water partition coefficient (Wildman–Crippen LogP) is 3.10. The van der Waals surface area contributed by atoms with Crippen molar-refractivity contribution in [2.75, 3.05) is 19.0 Å². The van der Waals surface area contributed by atoms with Crippen LogP contribution in [0.15, 0.2) is 47.4 Å². The Morgan fingerprint density at radius 2 is 1.89 bits per heavy atom. The third-order valence-electron chi connectivity index (χ3n) is 4.89. The summed E-state index contributed by atoms with van der Waals surface area (Å²) in [6.45, 7) is 3.97. The number of methoxy groups -OCH3 is 1. The molecule has 7 heteroatoms. The smallest absolute Gasteiger partial charge is 0.244 e. The van der Waals surface area contributed by atoms with Crippen LogP contribution in [0.5, 0.6) is 5.75 Å². The van der Waals surface area contributed by atoms with Gasteiger partial charge in [0, 0.05) is 18.3 Å². The van der Waals surface area contributed by atoms with Gasteiger partial charge < -0.3 is 10.1 Å². The number of rotatable bonds is 5. The highest BCUT2D eigenvalue weighted by atomic mass is 32.2. The van der Waals surface area contributed by atoms with Crippen molar-refractivity contribution in [3.63, 3.8) is 0 Å². The zero-order valence-electron chi connectivity index (χ0n) is 15.7. The van der Waals surface area contributed by atoms with Crippen molar-refractivity contribution < 1.29 is 17.9 Å². The van der Waals surface area contributed by atoms with Crippen LogP contribution >= 0.6 is 0 Å². The van der Waals surface area contributed by atoms with Crippen LogP contribution in [0, 0.1) is 13.8 Å². The first kappa shape index (κ1) is 19.4. The van der Waals surface area contributed by atoms with Crippen LogP contribution in [0.4, 0.5) is 5.69 Å². The fourth-order valence-corrected chi connectivity index (χ4v) is 5.23. The fraction of sp³-hybridized carbons (Fsp3) is 0.350. The number of carbonyl (C=O) groups excluding carboxylic acids is 1. The molecule has 0 aromatic heterocycles. The molecule has 1 N–H and O–H groups in total. The van der Waals surface area contributed by atoms with Gasteiger partial charge >= 0.3 is 0 Å². The molecule has 0 aliphatic carbocycles. The molecule has 0 radical (unpaired) electrons. The first-order valence-corrected chi connectivity index (χ1v) is 10.3. The molecule has 1 fully saturated rings. The first-order chi connectivity index (χ1) is 12.8. The molecule has 3 rings (SSSR count). The molecule has 6 nitrogen and oxygen atoms in total. The molecule has 1 amide bonds.